The van der Waals surface area contributed by atoms with E-state index in [1.165, 1.54) is 5.56 Å². The number of nitrogens with zero attached hydrogens (tertiary/aromatic N) is 2. The molecule has 5 nitrogen and oxygen atoms in total. The number of aryl methyl sites for hydroxylation is 3. The van der Waals surface area contributed by atoms with E-state index >= 15 is 0 Å². The minimum atomic E-state index is -0.273. The molecule has 1 amide bonds. The van der Waals surface area contributed by atoms with Crippen LogP contribution in [0.3, 0.4) is 0 Å². The summed E-state index contributed by atoms with van der Waals surface area (Å²) in [5.41, 5.74) is 4.61. The Hall–Kier alpha value is -1.88. The van der Waals surface area contributed by atoms with Gasteiger partial charge in [-0.2, -0.15) is 0 Å². The molecule has 0 aromatic heterocycles. The van der Waals surface area contributed by atoms with Crippen molar-refractivity contribution in [1.29, 1.82) is 0 Å². The average Bonchev–Trinajstić information content (AvgIpc) is 2.47. The lowest BCUT2D eigenvalue weighted by Gasteiger charge is -2.33. The van der Waals surface area contributed by atoms with Crippen molar-refractivity contribution < 1.29 is 14.3 Å². The third-order valence-corrected chi connectivity index (χ3v) is 4.14. The van der Waals surface area contributed by atoms with E-state index in [9.17, 15) is 9.59 Å². The standard InChI is InChI=1S/C17H24N2O3/c1-13-10-14(2)16(15(3)11-13)12-22-17(21)19-6-4-18(5-7-19)8-9-20/h9-11H,4-8,12H2,1-3H3. The van der Waals surface area contributed by atoms with E-state index < -0.39 is 0 Å². The first-order chi connectivity index (χ1) is 10.5. The summed E-state index contributed by atoms with van der Waals surface area (Å²) in [4.78, 5) is 26.4. The van der Waals surface area contributed by atoms with E-state index in [-0.39, 0.29) is 6.09 Å². The number of benzene rings is 1. The summed E-state index contributed by atoms with van der Waals surface area (Å²) in [6.45, 7) is 9.55. The predicted octanol–water partition coefficient (Wildman–Crippen LogP) is 2.06. The van der Waals surface area contributed by atoms with Crippen LogP contribution in [0.2, 0.25) is 0 Å². The van der Waals surface area contributed by atoms with Crippen molar-refractivity contribution >= 4 is 12.4 Å². The van der Waals surface area contributed by atoms with Crippen molar-refractivity contribution in [3.63, 3.8) is 0 Å². The molecule has 120 valence electrons. The van der Waals surface area contributed by atoms with Gasteiger partial charge in [-0.3, -0.25) is 4.90 Å². The molecule has 1 aliphatic rings. The minimum Gasteiger partial charge on any atom is -0.445 e. The molecule has 1 heterocycles. The maximum absolute atomic E-state index is 12.1. The van der Waals surface area contributed by atoms with Crippen LogP contribution in [0.25, 0.3) is 0 Å². The molecule has 5 heteroatoms. The van der Waals surface area contributed by atoms with Gasteiger partial charge in [0.05, 0.1) is 6.54 Å². The highest BCUT2D eigenvalue weighted by Gasteiger charge is 2.22. The normalized spacial score (nSPS) is 15.7. The number of ether oxygens (including phenoxy) is 1. The molecule has 0 spiro atoms. The molecule has 0 atom stereocenters. The van der Waals surface area contributed by atoms with Gasteiger partial charge in [-0.1, -0.05) is 17.7 Å². The summed E-state index contributed by atoms with van der Waals surface area (Å²) in [6.07, 6.45) is 0.627. The number of hydrogen-bond acceptors (Lipinski definition) is 4. The molecule has 2 rings (SSSR count). The lowest BCUT2D eigenvalue weighted by molar-refractivity contribution is -0.109. The smallest absolute Gasteiger partial charge is 0.410 e. The van der Waals surface area contributed by atoms with Crippen LogP contribution in [0, 0.1) is 20.8 Å². The second-order valence-electron chi connectivity index (χ2n) is 5.89. The third kappa shape index (κ3) is 4.07. The van der Waals surface area contributed by atoms with E-state index in [0.29, 0.717) is 26.2 Å². The first-order valence-electron chi connectivity index (χ1n) is 7.65. The van der Waals surface area contributed by atoms with Crippen molar-refractivity contribution in [2.45, 2.75) is 27.4 Å². The second kappa shape index (κ2) is 7.40. The third-order valence-electron chi connectivity index (χ3n) is 4.14. The van der Waals surface area contributed by atoms with Gasteiger partial charge in [0.1, 0.15) is 12.9 Å². The Bertz CT molecular complexity index is 526. The lowest BCUT2D eigenvalue weighted by Crippen LogP contribution is -2.49. The number of carbonyl (C=O) groups is 2. The molecule has 0 radical (unpaired) electrons. The largest absolute Gasteiger partial charge is 0.445 e. The summed E-state index contributed by atoms with van der Waals surface area (Å²) < 4.78 is 5.46. The van der Waals surface area contributed by atoms with Crippen molar-refractivity contribution in [2.24, 2.45) is 0 Å². The Labute approximate surface area is 131 Å². The summed E-state index contributed by atoms with van der Waals surface area (Å²) in [6, 6.07) is 4.21. The Morgan fingerprint density at radius 2 is 1.73 bits per heavy atom. The molecular formula is C17H24N2O3. The van der Waals surface area contributed by atoms with Gasteiger partial charge in [0.15, 0.2) is 0 Å². The summed E-state index contributed by atoms with van der Waals surface area (Å²) >= 11 is 0. The zero-order chi connectivity index (χ0) is 16.1. The Morgan fingerprint density at radius 1 is 1.14 bits per heavy atom. The van der Waals surface area contributed by atoms with Crippen LogP contribution in [0.5, 0.6) is 0 Å². The number of rotatable bonds is 4. The van der Waals surface area contributed by atoms with E-state index in [1.54, 1.807) is 4.90 Å². The van der Waals surface area contributed by atoms with Gasteiger partial charge >= 0.3 is 6.09 Å². The molecule has 1 fully saturated rings. The summed E-state index contributed by atoms with van der Waals surface area (Å²) in [5, 5.41) is 0. The Kier molecular flexibility index (Phi) is 5.55. The average molecular weight is 304 g/mol. The molecule has 0 saturated carbocycles. The molecular weight excluding hydrogens is 280 g/mol. The van der Waals surface area contributed by atoms with E-state index in [2.05, 4.69) is 19.1 Å². The van der Waals surface area contributed by atoms with Crippen LogP contribution in [0.1, 0.15) is 22.3 Å². The van der Waals surface area contributed by atoms with Crippen molar-refractivity contribution in [2.75, 3.05) is 32.7 Å². The highest BCUT2D eigenvalue weighted by atomic mass is 16.6. The van der Waals surface area contributed by atoms with Crippen molar-refractivity contribution in [3.8, 4) is 0 Å². The van der Waals surface area contributed by atoms with Gasteiger partial charge in [-0.15, -0.1) is 0 Å². The van der Waals surface area contributed by atoms with Gasteiger partial charge in [0.2, 0.25) is 0 Å². The number of aldehydes is 1. The maximum Gasteiger partial charge on any atom is 0.410 e. The SMILES string of the molecule is Cc1cc(C)c(COC(=O)N2CCN(CC=O)CC2)c(C)c1. The van der Waals surface area contributed by atoms with Crippen LogP contribution < -0.4 is 0 Å². The second-order valence-corrected chi connectivity index (χ2v) is 5.89. The first kappa shape index (κ1) is 16.5. The summed E-state index contributed by atoms with van der Waals surface area (Å²) in [5.74, 6) is 0. The Balaban J connectivity index is 1.87. The molecule has 1 saturated heterocycles. The van der Waals surface area contributed by atoms with E-state index in [4.69, 9.17) is 4.74 Å². The quantitative estimate of drug-likeness (QED) is 0.799. The fourth-order valence-corrected chi connectivity index (χ4v) is 2.88. The zero-order valence-corrected chi connectivity index (χ0v) is 13.6. The maximum atomic E-state index is 12.1. The predicted molar refractivity (Wildman–Crippen MR) is 84.9 cm³/mol. The number of carbonyl (C=O) groups excluding carboxylic acids is 2. The number of hydrogen-bond donors (Lipinski definition) is 0. The van der Waals surface area contributed by atoms with Gasteiger partial charge in [-0.05, 0) is 37.5 Å². The van der Waals surface area contributed by atoms with Crippen LogP contribution in [0.4, 0.5) is 4.79 Å². The van der Waals surface area contributed by atoms with Crippen molar-refractivity contribution in [3.05, 3.63) is 34.4 Å². The highest BCUT2D eigenvalue weighted by Crippen LogP contribution is 2.18. The van der Waals surface area contributed by atoms with Gasteiger partial charge < -0.3 is 14.4 Å². The monoisotopic (exact) mass is 304 g/mol. The highest BCUT2D eigenvalue weighted by molar-refractivity contribution is 5.68. The zero-order valence-electron chi connectivity index (χ0n) is 13.6. The van der Waals surface area contributed by atoms with Crippen molar-refractivity contribution in [1.82, 2.24) is 9.80 Å². The van der Waals surface area contributed by atoms with E-state index in [1.807, 2.05) is 18.7 Å². The van der Waals surface area contributed by atoms with Gasteiger partial charge in [0, 0.05) is 26.2 Å². The van der Waals surface area contributed by atoms with Crippen LogP contribution in [-0.4, -0.2) is 54.9 Å². The Morgan fingerprint density at radius 3 is 2.27 bits per heavy atom. The minimum absolute atomic E-state index is 0.273. The fraction of sp³-hybridized carbons (Fsp3) is 0.529. The topological polar surface area (TPSA) is 49.9 Å². The molecule has 1 aromatic carbocycles. The van der Waals surface area contributed by atoms with E-state index in [0.717, 1.165) is 36.1 Å². The molecule has 0 unspecified atom stereocenters. The first-order valence-corrected chi connectivity index (χ1v) is 7.65. The molecule has 22 heavy (non-hydrogen) atoms. The number of piperazine rings is 1. The molecule has 0 bridgehead atoms. The molecule has 0 aliphatic carbocycles. The molecule has 1 aliphatic heterocycles. The molecule has 0 N–H and O–H groups in total. The van der Waals surface area contributed by atoms with Crippen LogP contribution >= 0.6 is 0 Å². The van der Waals surface area contributed by atoms with Crippen LogP contribution in [0.15, 0.2) is 12.1 Å². The number of amides is 1. The molecule has 1 aromatic rings. The van der Waals surface area contributed by atoms with Gasteiger partial charge in [0.25, 0.3) is 0 Å². The lowest BCUT2D eigenvalue weighted by atomic mass is 10.0. The van der Waals surface area contributed by atoms with Gasteiger partial charge in [-0.25, -0.2) is 4.79 Å². The van der Waals surface area contributed by atoms with Crippen LogP contribution in [-0.2, 0) is 16.1 Å². The fourth-order valence-electron chi connectivity index (χ4n) is 2.88. The summed E-state index contributed by atoms with van der Waals surface area (Å²) in [7, 11) is 0.